The van der Waals surface area contributed by atoms with Gasteiger partial charge in [-0.05, 0) is 38.8 Å². The van der Waals surface area contributed by atoms with Crippen LogP contribution < -0.4 is 10.1 Å². The van der Waals surface area contributed by atoms with Crippen LogP contribution in [0.3, 0.4) is 0 Å². The number of carbonyl (C=O) groups is 2. The summed E-state index contributed by atoms with van der Waals surface area (Å²) in [5, 5.41) is 11.6. The summed E-state index contributed by atoms with van der Waals surface area (Å²) in [5.41, 5.74) is 0.748. The van der Waals surface area contributed by atoms with Gasteiger partial charge >= 0.3 is 6.09 Å². The fraction of sp³-hybridized carbons (Fsp3) is 0.520. The summed E-state index contributed by atoms with van der Waals surface area (Å²) >= 11 is 7.43. The predicted molar refractivity (Wildman–Crippen MR) is 142 cm³/mol. The van der Waals surface area contributed by atoms with Gasteiger partial charge in [0.1, 0.15) is 5.69 Å². The zero-order chi connectivity index (χ0) is 26.6. The van der Waals surface area contributed by atoms with E-state index in [0.29, 0.717) is 48.1 Å². The first kappa shape index (κ1) is 26.7. The summed E-state index contributed by atoms with van der Waals surface area (Å²) in [6.45, 7) is 8.24. The maximum Gasteiger partial charge on any atom is 0.414 e. The van der Waals surface area contributed by atoms with Crippen molar-refractivity contribution in [2.45, 2.75) is 45.3 Å². The maximum atomic E-state index is 13.1. The molecule has 11 nitrogen and oxygen atoms in total. The van der Waals surface area contributed by atoms with Gasteiger partial charge < -0.3 is 29.1 Å². The molecule has 0 radical (unpaired) electrons. The largest absolute Gasteiger partial charge is 0.414 e. The Hall–Kier alpha value is -2.93. The second-order valence-electron chi connectivity index (χ2n) is 9.65. The lowest BCUT2D eigenvalue weighted by Gasteiger charge is -2.34. The quantitative estimate of drug-likeness (QED) is 0.463. The van der Waals surface area contributed by atoms with Crippen molar-refractivity contribution in [1.29, 1.82) is 0 Å². The number of halogens is 1. The van der Waals surface area contributed by atoms with Crippen molar-refractivity contribution in [1.82, 2.24) is 30.1 Å². The molecule has 0 bridgehead atoms. The van der Waals surface area contributed by atoms with E-state index in [0.717, 1.165) is 30.8 Å². The summed E-state index contributed by atoms with van der Waals surface area (Å²) in [6, 6.07) is 7.43. The number of likely N-dealkylation sites (tertiary alicyclic amines) is 1. The van der Waals surface area contributed by atoms with Gasteiger partial charge in [-0.2, -0.15) is 5.10 Å². The van der Waals surface area contributed by atoms with Crippen LogP contribution in [0.25, 0.3) is 10.6 Å². The smallest absolute Gasteiger partial charge is 0.391 e. The highest BCUT2D eigenvalue weighted by atomic mass is 35.5. The number of nitrogens with zero attached hydrogens (tertiary/aromatic N) is 5. The van der Waals surface area contributed by atoms with Gasteiger partial charge in [-0.1, -0.05) is 16.8 Å². The van der Waals surface area contributed by atoms with Crippen molar-refractivity contribution < 1.29 is 23.6 Å². The molecule has 204 valence electrons. The number of hydrogen-bond acceptors (Lipinski definition) is 9. The highest BCUT2D eigenvalue weighted by Crippen LogP contribution is 2.31. The molecule has 2 aliphatic heterocycles. The Morgan fingerprint density at radius 1 is 1.18 bits per heavy atom. The first-order valence-corrected chi connectivity index (χ1v) is 13.9. The highest BCUT2D eigenvalue weighted by Gasteiger charge is 2.26. The molecule has 0 unspecified atom stereocenters. The Bertz CT molecular complexity index is 1260. The van der Waals surface area contributed by atoms with Crippen LogP contribution in [0.5, 0.6) is 5.88 Å². The first-order chi connectivity index (χ1) is 18.4. The first-order valence-electron chi connectivity index (χ1n) is 12.7. The molecule has 3 aromatic heterocycles. The van der Waals surface area contributed by atoms with Crippen LogP contribution in [0.15, 0.2) is 28.8 Å². The van der Waals surface area contributed by atoms with Crippen molar-refractivity contribution in [3.05, 3.63) is 40.0 Å². The van der Waals surface area contributed by atoms with Gasteiger partial charge in [0.25, 0.3) is 5.91 Å². The topological polar surface area (TPSA) is 115 Å². The molecule has 2 fully saturated rings. The third kappa shape index (κ3) is 6.37. The molecule has 0 spiro atoms. The Labute approximate surface area is 229 Å². The van der Waals surface area contributed by atoms with Crippen LogP contribution in [0.1, 0.15) is 42.9 Å². The van der Waals surface area contributed by atoms with Gasteiger partial charge in [-0.3, -0.25) is 4.79 Å². The molecular weight excluding hydrogens is 532 g/mol. The second kappa shape index (κ2) is 11.9. The molecule has 2 saturated heterocycles. The van der Waals surface area contributed by atoms with Crippen molar-refractivity contribution in [3.8, 4) is 16.5 Å². The standard InChI is InChI=1S/C25H31ClN6O5S/c1-16(2)30-7-5-17(6-8-30)27-25(34)36-23-14-19(24(33)31-9-11-35-12-10-31)28-32(23)15-18-13-20(37-29-18)21-3-4-22(26)38-21/h3-4,13-14,16-17H,5-12,15H2,1-2H3,(H,27,34). The van der Waals surface area contributed by atoms with Crippen LogP contribution in [0.4, 0.5) is 4.79 Å². The molecule has 13 heteroatoms. The van der Waals surface area contributed by atoms with Crippen molar-refractivity contribution in [2.75, 3.05) is 39.4 Å². The van der Waals surface area contributed by atoms with Crippen LogP contribution in [-0.4, -0.2) is 88.2 Å². The van der Waals surface area contributed by atoms with Crippen molar-refractivity contribution in [2.24, 2.45) is 0 Å². The minimum atomic E-state index is -0.575. The number of thiophene rings is 1. The molecule has 0 atom stereocenters. The molecule has 1 N–H and O–H groups in total. The average Bonchev–Trinajstić information content (AvgIpc) is 3.65. The number of piperidine rings is 1. The van der Waals surface area contributed by atoms with E-state index in [9.17, 15) is 9.59 Å². The van der Waals surface area contributed by atoms with Crippen molar-refractivity contribution in [3.63, 3.8) is 0 Å². The molecule has 2 aliphatic rings. The van der Waals surface area contributed by atoms with Crippen LogP contribution in [-0.2, 0) is 11.3 Å². The molecule has 0 aliphatic carbocycles. The Kier molecular flexibility index (Phi) is 8.32. The zero-order valence-electron chi connectivity index (χ0n) is 21.4. The van der Waals surface area contributed by atoms with Gasteiger partial charge in [0.15, 0.2) is 11.5 Å². The molecule has 2 amide bonds. The molecular formula is C25H31ClN6O5S. The van der Waals surface area contributed by atoms with Gasteiger partial charge in [0.05, 0.1) is 29.0 Å². The van der Waals surface area contributed by atoms with E-state index in [1.165, 1.54) is 22.1 Å². The van der Waals surface area contributed by atoms with Crippen molar-refractivity contribution >= 4 is 34.9 Å². The molecule has 0 saturated carbocycles. The van der Waals surface area contributed by atoms with Crippen LogP contribution in [0.2, 0.25) is 4.34 Å². The van der Waals surface area contributed by atoms with Gasteiger partial charge in [-0.15, -0.1) is 11.3 Å². The normalized spacial score (nSPS) is 17.2. The number of hydrogen-bond donors (Lipinski definition) is 1. The third-order valence-corrected chi connectivity index (χ3v) is 7.97. The maximum absolute atomic E-state index is 13.1. The monoisotopic (exact) mass is 562 g/mol. The minimum absolute atomic E-state index is 0.0269. The Morgan fingerprint density at radius 3 is 2.63 bits per heavy atom. The SMILES string of the molecule is CC(C)N1CCC(NC(=O)Oc2cc(C(=O)N3CCOCC3)nn2Cc2cc(-c3ccc(Cl)s3)on2)CC1. The summed E-state index contributed by atoms with van der Waals surface area (Å²) in [4.78, 5) is 30.8. The van der Waals surface area contributed by atoms with E-state index in [-0.39, 0.29) is 30.1 Å². The lowest BCUT2D eigenvalue weighted by Crippen LogP contribution is -2.47. The lowest BCUT2D eigenvalue weighted by molar-refractivity contribution is 0.0298. The number of carbonyl (C=O) groups excluding carboxylic acids is 2. The van der Waals surface area contributed by atoms with E-state index in [1.807, 2.05) is 6.07 Å². The molecule has 5 heterocycles. The average molecular weight is 563 g/mol. The fourth-order valence-corrected chi connectivity index (χ4v) is 5.57. The fourth-order valence-electron chi connectivity index (χ4n) is 4.58. The second-order valence-corrected chi connectivity index (χ2v) is 11.4. The number of nitrogens with one attached hydrogen (secondary N) is 1. The Morgan fingerprint density at radius 2 is 1.95 bits per heavy atom. The van der Waals surface area contributed by atoms with E-state index in [1.54, 1.807) is 17.0 Å². The summed E-state index contributed by atoms with van der Waals surface area (Å²) < 4.78 is 18.6. The van der Waals surface area contributed by atoms with E-state index < -0.39 is 6.09 Å². The summed E-state index contributed by atoms with van der Waals surface area (Å²) in [6.07, 6.45) is 1.12. The zero-order valence-corrected chi connectivity index (χ0v) is 23.0. The molecule has 0 aromatic carbocycles. The van der Waals surface area contributed by atoms with Crippen LogP contribution >= 0.6 is 22.9 Å². The highest BCUT2D eigenvalue weighted by molar-refractivity contribution is 7.19. The predicted octanol–water partition coefficient (Wildman–Crippen LogP) is 3.73. The van der Waals surface area contributed by atoms with Gasteiger partial charge in [0, 0.05) is 50.4 Å². The number of rotatable bonds is 7. The number of morpholine rings is 1. The van der Waals surface area contributed by atoms with E-state index in [4.69, 9.17) is 25.6 Å². The van der Waals surface area contributed by atoms with Crippen LogP contribution in [0, 0.1) is 0 Å². The third-order valence-electron chi connectivity index (χ3n) is 6.73. The minimum Gasteiger partial charge on any atom is -0.391 e. The number of amides is 2. The molecule has 5 rings (SSSR count). The van der Waals surface area contributed by atoms with E-state index >= 15 is 0 Å². The lowest BCUT2D eigenvalue weighted by atomic mass is 10.0. The molecule has 3 aromatic rings. The van der Waals surface area contributed by atoms with Gasteiger partial charge in [0.2, 0.25) is 5.88 Å². The Balaban J connectivity index is 1.31. The number of ether oxygens (including phenoxy) is 2. The van der Waals surface area contributed by atoms with E-state index in [2.05, 4.69) is 34.3 Å². The number of aromatic nitrogens is 3. The summed E-state index contributed by atoms with van der Waals surface area (Å²) in [7, 11) is 0. The molecule has 38 heavy (non-hydrogen) atoms. The van der Waals surface area contributed by atoms with Gasteiger partial charge in [-0.25, -0.2) is 9.48 Å². The summed E-state index contributed by atoms with van der Waals surface area (Å²) in [5.74, 6) is 0.483.